The fourth-order valence-electron chi connectivity index (χ4n) is 2.32. The minimum atomic E-state index is 0.0133. The molecule has 3 N–H and O–H groups in total. The quantitative estimate of drug-likeness (QED) is 0.534. The summed E-state index contributed by atoms with van der Waals surface area (Å²) in [4.78, 5) is 4.56. The van der Waals surface area contributed by atoms with E-state index in [0.29, 0.717) is 13.1 Å². The molecule has 5 heteroatoms. The summed E-state index contributed by atoms with van der Waals surface area (Å²) in [7, 11) is 0. The summed E-state index contributed by atoms with van der Waals surface area (Å²) in [6.45, 7) is 8.09. The van der Waals surface area contributed by atoms with Crippen LogP contribution in [0.2, 0.25) is 0 Å². The molecule has 2 rings (SSSR count). The van der Waals surface area contributed by atoms with E-state index in [1.165, 1.54) is 5.56 Å². The lowest BCUT2D eigenvalue weighted by atomic mass is 10.2. The number of benzene rings is 2. The van der Waals surface area contributed by atoms with Crippen molar-refractivity contribution in [3.05, 3.63) is 59.7 Å². The molecule has 0 fully saturated rings. The van der Waals surface area contributed by atoms with Gasteiger partial charge in [-0.2, -0.15) is 0 Å². The summed E-state index contributed by atoms with van der Waals surface area (Å²) < 4.78 is 5.93. The highest BCUT2D eigenvalue weighted by atomic mass is 16.5. The fourth-order valence-corrected chi connectivity index (χ4v) is 2.32. The normalized spacial score (nSPS) is 12.5. The molecule has 0 aliphatic rings. The molecule has 0 aromatic heterocycles. The number of rotatable bonds is 7. The molecule has 0 saturated heterocycles. The minimum Gasteiger partial charge on any atom is -0.508 e. The Hall–Kier alpha value is -2.69. The Morgan fingerprint density at radius 2 is 1.92 bits per heavy atom. The molecule has 5 nitrogen and oxygen atoms in total. The molecule has 134 valence electrons. The molecular formula is C20H27N3O2. The SMILES string of the molecule is CCNC(=NCc1ccc(O)cc1)NCC(C)Oc1cccc(C)c1. The second-order valence-corrected chi connectivity index (χ2v) is 5.99. The van der Waals surface area contributed by atoms with Gasteiger partial charge in [0.2, 0.25) is 0 Å². The average molecular weight is 341 g/mol. The number of hydrogen-bond acceptors (Lipinski definition) is 3. The lowest BCUT2D eigenvalue weighted by Gasteiger charge is -2.18. The van der Waals surface area contributed by atoms with Crippen LogP contribution in [0.15, 0.2) is 53.5 Å². The van der Waals surface area contributed by atoms with Gasteiger partial charge in [-0.15, -0.1) is 0 Å². The van der Waals surface area contributed by atoms with Gasteiger partial charge in [-0.05, 0) is 56.2 Å². The molecule has 0 heterocycles. The molecule has 0 saturated carbocycles. The Kier molecular flexibility index (Phi) is 7.14. The Labute approximate surface area is 149 Å². The summed E-state index contributed by atoms with van der Waals surface area (Å²) in [5.41, 5.74) is 2.22. The minimum absolute atomic E-state index is 0.0133. The number of ether oxygens (including phenoxy) is 1. The lowest BCUT2D eigenvalue weighted by Crippen LogP contribution is -2.41. The van der Waals surface area contributed by atoms with Crippen LogP contribution in [0.4, 0.5) is 0 Å². The number of nitrogens with zero attached hydrogens (tertiary/aromatic N) is 1. The summed E-state index contributed by atoms with van der Waals surface area (Å²) in [6.07, 6.45) is 0.0133. The Bertz CT molecular complexity index is 684. The maximum absolute atomic E-state index is 9.33. The van der Waals surface area contributed by atoms with Crippen molar-refractivity contribution in [1.82, 2.24) is 10.6 Å². The van der Waals surface area contributed by atoms with Gasteiger partial charge in [0.1, 0.15) is 17.6 Å². The van der Waals surface area contributed by atoms with E-state index in [2.05, 4.69) is 28.6 Å². The monoisotopic (exact) mass is 341 g/mol. The topological polar surface area (TPSA) is 65.9 Å². The van der Waals surface area contributed by atoms with Crippen molar-refractivity contribution in [1.29, 1.82) is 0 Å². The van der Waals surface area contributed by atoms with E-state index in [0.717, 1.165) is 23.8 Å². The van der Waals surface area contributed by atoms with Crippen LogP contribution in [0, 0.1) is 6.92 Å². The smallest absolute Gasteiger partial charge is 0.191 e. The molecule has 0 aliphatic heterocycles. The first-order valence-electron chi connectivity index (χ1n) is 8.60. The molecule has 25 heavy (non-hydrogen) atoms. The van der Waals surface area contributed by atoms with Gasteiger partial charge in [-0.1, -0.05) is 24.3 Å². The molecule has 1 unspecified atom stereocenters. The van der Waals surface area contributed by atoms with Crippen LogP contribution in [-0.2, 0) is 6.54 Å². The van der Waals surface area contributed by atoms with Crippen molar-refractivity contribution < 1.29 is 9.84 Å². The van der Waals surface area contributed by atoms with Crippen LogP contribution in [0.5, 0.6) is 11.5 Å². The van der Waals surface area contributed by atoms with E-state index in [1.807, 2.05) is 44.2 Å². The Morgan fingerprint density at radius 3 is 2.60 bits per heavy atom. The summed E-state index contributed by atoms with van der Waals surface area (Å²) >= 11 is 0. The first kappa shape index (κ1) is 18.6. The van der Waals surface area contributed by atoms with E-state index in [4.69, 9.17) is 4.74 Å². The van der Waals surface area contributed by atoms with Gasteiger partial charge in [0.05, 0.1) is 13.1 Å². The van der Waals surface area contributed by atoms with E-state index in [-0.39, 0.29) is 11.9 Å². The van der Waals surface area contributed by atoms with Crippen LogP contribution >= 0.6 is 0 Å². The highest BCUT2D eigenvalue weighted by molar-refractivity contribution is 5.79. The van der Waals surface area contributed by atoms with Gasteiger partial charge >= 0.3 is 0 Å². The van der Waals surface area contributed by atoms with Crippen molar-refractivity contribution in [2.45, 2.75) is 33.4 Å². The van der Waals surface area contributed by atoms with Crippen LogP contribution in [0.25, 0.3) is 0 Å². The molecule has 2 aromatic rings. The van der Waals surface area contributed by atoms with Crippen molar-refractivity contribution in [2.24, 2.45) is 4.99 Å². The molecule has 0 bridgehead atoms. The average Bonchev–Trinajstić information content (AvgIpc) is 2.59. The van der Waals surface area contributed by atoms with Gasteiger partial charge in [-0.25, -0.2) is 4.99 Å². The number of aliphatic imine (C=N–C) groups is 1. The number of hydrogen-bond donors (Lipinski definition) is 3. The third-order valence-corrected chi connectivity index (χ3v) is 3.58. The third-order valence-electron chi connectivity index (χ3n) is 3.58. The zero-order chi connectivity index (χ0) is 18.1. The number of guanidine groups is 1. The van der Waals surface area contributed by atoms with E-state index in [9.17, 15) is 5.11 Å². The van der Waals surface area contributed by atoms with Gasteiger partial charge < -0.3 is 20.5 Å². The fraction of sp³-hybridized carbons (Fsp3) is 0.350. The maximum atomic E-state index is 9.33. The molecule has 0 amide bonds. The van der Waals surface area contributed by atoms with Gasteiger partial charge in [0.25, 0.3) is 0 Å². The number of phenolic OH excluding ortho intramolecular Hbond substituents is 1. The van der Waals surface area contributed by atoms with Gasteiger partial charge in [0, 0.05) is 6.54 Å². The summed E-state index contributed by atoms with van der Waals surface area (Å²) in [5, 5.41) is 15.9. The summed E-state index contributed by atoms with van der Waals surface area (Å²) in [6, 6.07) is 15.1. The van der Waals surface area contributed by atoms with E-state index >= 15 is 0 Å². The van der Waals surface area contributed by atoms with E-state index < -0.39 is 0 Å². The van der Waals surface area contributed by atoms with Crippen LogP contribution in [0.1, 0.15) is 25.0 Å². The van der Waals surface area contributed by atoms with Crippen LogP contribution in [0.3, 0.4) is 0 Å². The Morgan fingerprint density at radius 1 is 1.16 bits per heavy atom. The third kappa shape index (κ3) is 6.75. The lowest BCUT2D eigenvalue weighted by molar-refractivity contribution is 0.223. The number of aryl methyl sites for hydroxylation is 1. The summed E-state index contributed by atoms with van der Waals surface area (Å²) in [5.74, 6) is 1.88. The molecule has 0 aliphatic carbocycles. The first-order chi connectivity index (χ1) is 12.1. The molecule has 1 atom stereocenters. The second-order valence-electron chi connectivity index (χ2n) is 5.99. The van der Waals surface area contributed by atoms with Gasteiger partial charge in [0.15, 0.2) is 5.96 Å². The molecule has 2 aromatic carbocycles. The number of nitrogens with one attached hydrogen (secondary N) is 2. The van der Waals surface area contributed by atoms with Crippen LogP contribution in [-0.4, -0.2) is 30.3 Å². The molecule has 0 radical (unpaired) electrons. The Balaban J connectivity index is 1.87. The number of aromatic hydroxyl groups is 1. The zero-order valence-electron chi connectivity index (χ0n) is 15.1. The zero-order valence-corrected chi connectivity index (χ0v) is 15.1. The molecular weight excluding hydrogens is 314 g/mol. The standard InChI is InChI=1S/C20H27N3O2/c1-4-21-20(23-14-17-8-10-18(24)11-9-17)22-13-16(3)25-19-7-5-6-15(2)12-19/h5-12,16,24H,4,13-14H2,1-3H3,(H2,21,22,23). The highest BCUT2D eigenvalue weighted by Crippen LogP contribution is 2.14. The number of phenols is 1. The largest absolute Gasteiger partial charge is 0.508 e. The van der Waals surface area contributed by atoms with Crippen molar-refractivity contribution in [3.63, 3.8) is 0 Å². The first-order valence-corrected chi connectivity index (χ1v) is 8.60. The second kappa shape index (κ2) is 9.57. The molecule has 0 spiro atoms. The van der Waals surface area contributed by atoms with E-state index in [1.54, 1.807) is 12.1 Å². The predicted molar refractivity (Wildman–Crippen MR) is 102 cm³/mol. The van der Waals surface area contributed by atoms with Crippen molar-refractivity contribution >= 4 is 5.96 Å². The predicted octanol–water partition coefficient (Wildman–Crippen LogP) is 3.22. The van der Waals surface area contributed by atoms with Crippen LogP contribution < -0.4 is 15.4 Å². The highest BCUT2D eigenvalue weighted by Gasteiger charge is 2.06. The van der Waals surface area contributed by atoms with Crippen molar-refractivity contribution in [2.75, 3.05) is 13.1 Å². The maximum Gasteiger partial charge on any atom is 0.191 e. The van der Waals surface area contributed by atoms with Gasteiger partial charge in [-0.3, -0.25) is 0 Å². The van der Waals surface area contributed by atoms with Crippen molar-refractivity contribution in [3.8, 4) is 11.5 Å².